The molecule has 0 bridgehead atoms. The van der Waals surface area contributed by atoms with Crippen molar-refractivity contribution in [1.29, 1.82) is 0 Å². The van der Waals surface area contributed by atoms with E-state index in [0.717, 1.165) is 19.5 Å². The van der Waals surface area contributed by atoms with Crippen molar-refractivity contribution in [2.75, 3.05) is 13.1 Å². The first kappa shape index (κ1) is 18.1. The van der Waals surface area contributed by atoms with Crippen LogP contribution in [0.15, 0.2) is 0 Å². The molecular formula is C14H31NO2Sn. The molecule has 1 unspecified atom stereocenters. The predicted octanol–water partition coefficient (Wildman–Crippen LogP) is 4.29. The summed E-state index contributed by atoms with van der Waals surface area (Å²) in [5.41, 5.74) is 0. The Morgan fingerprint density at radius 1 is 1.11 bits per heavy atom. The molecular weight excluding hydrogens is 333 g/mol. The third-order valence-corrected chi connectivity index (χ3v) is 9.97. The molecule has 0 aromatic heterocycles. The fraction of sp³-hybridized carbons (Fsp3) is 0.929. The number of ether oxygens (including phenoxy) is 1. The van der Waals surface area contributed by atoms with Crippen LogP contribution in [0.25, 0.3) is 0 Å². The van der Waals surface area contributed by atoms with E-state index in [1.165, 1.54) is 19.3 Å². The van der Waals surface area contributed by atoms with Crippen LogP contribution < -0.4 is 0 Å². The Bertz CT molecular complexity index is 234. The van der Waals surface area contributed by atoms with Crippen molar-refractivity contribution in [3.8, 4) is 0 Å². The Morgan fingerprint density at radius 3 is 2.06 bits per heavy atom. The molecule has 0 aromatic carbocycles. The number of unbranched alkanes of at least 4 members (excludes halogenated alkanes) is 2. The summed E-state index contributed by atoms with van der Waals surface area (Å²) in [5.74, 6) is 0. The van der Waals surface area contributed by atoms with E-state index in [1.54, 1.807) is 4.90 Å². The maximum absolute atomic E-state index is 12.0. The van der Waals surface area contributed by atoms with E-state index in [4.69, 9.17) is 4.74 Å². The van der Waals surface area contributed by atoms with E-state index in [-0.39, 0.29) is 10.2 Å². The number of hydrogen-bond donors (Lipinski definition) is 0. The van der Waals surface area contributed by atoms with E-state index in [2.05, 4.69) is 21.7 Å². The molecule has 0 saturated carbocycles. The molecule has 108 valence electrons. The van der Waals surface area contributed by atoms with Gasteiger partial charge in [0.2, 0.25) is 0 Å². The van der Waals surface area contributed by atoms with Crippen LogP contribution in [0.3, 0.4) is 0 Å². The topological polar surface area (TPSA) is 29.5 Å². The summed E-state index contributed by atoms with van der Waals surface area (Å²) in [4.78, 5) is 20.8. The van der Waals surface area contributed by atoms with Crippen molar-refractivity contribution < 1.29 is 9.53 Å². The summed E-state index contributed by atoms with van der Waals surface area (Å²) < 4.78 is 6.01. The van der Waals surface area contributed by atoms with Gasteiger partial charge in [0, 0.05) is 0 Å². The van der Waals surface area contributed by atoms with Gasteiger partial charge in [-0.2, -0.15) is 0 Å². The predicted molar refractivity (Wildman–Crippen MR) is 80.7 cm³/mol. The molecule has 18 heavy (non-hydrogen) atoms. The van der Waals surface area contributed by atoms with Crippen LogP contribution in [0.1, 0.15) is 46.5 Å². The normalized spacial score (nSPS) is 13.2. The molecule has 3 nitrogen and oxygen atoms in total. The van der Waals surface area contributed by atoms with Crippen molar-refractivity contribution in [2.24, 2.45) is 0 Å². The van der Waals surface area contributed by atoms with E-state index in [9.17, 15) is 4.79 Å². The Hall–Kier alpha value is 0.0687. The summed E-state index contributed by atoms with van der Waals surface area (Å²) in [6.07, 6.45) is 4.58. The van der Waals surface area contributed by atoms with Gasteiger partial charge in [-0.05, 0) is 0 Å². The zero-order valence-electron chi connectivity index (χ0n) is 13.1. The standard InChI is InChI=1S/C11H22NO2.3CH3.Sn/c1-4-7-8-9-10-14-11(13)12(5-2)6-3;;;;/h10H,4-9H2,1-3H3;3*1H3;. The molecule has 0 fully saturated rings. The van der Waals surface area contributed by atoms with Crippen LogP contribution >= 0.6 is 0 Å². The van der Waals surface area contributed by atoms with Crippen LogP contribution in [0.2, 0.25) is 14.8 Å². The van der Waals surface area contributed by atoms with E-state index in [0.29, 0.717) is 0 Å². The van der Waals surface area contributed by atoms with Gasteiger partial charge in [-0.25, -0.2) is 0 Å². The van der Waals surface area contributed by atoms with Crippen molar-refractivity contribution in [1.82, 2.24) is 4.90 Å². The third-order valence-electron chi connectivity index (χ3n) is 3.30. The second-order valence-electron chi connectivity index (χ2n) is 5.91. The van der Waals surface area contributed by atoms with Gasteiger partial charge in [0.1, 0.15) is 0 Å². The molecule has 1 amide bonds. The van der Waals surface area contributed by atoms with Gasteiger partial charge in [0.15, 0.2) is 0 Å². The average molecular weight is 364 g/mol. The number of carbonyl (C=O) groups excluding carboxylic acids is 1. The molecule has 0 aliphatic carbocycles. The summed E-state index contributed by atoms with van der Waals surface area (Å²) in [6.45, 7) is 7.67. The quantitative estimate of drug-likeness (QED) is 0.475. The van der Waals surface area contributed by atoms with Crippen molar-refractivity contribution >= 4 is 24.5 Å². The fourth-order valence-corrected chi connectivity index (χ4v) is 6.28. The molecule has 0 heterocycles. The zero-order valence-corrected chi connectivity index (χ0v) is 15.9. The van der Waals surface area contributed by atoms with Gasteiger partial charge >= 0.3 is 117 Å². The zero-order chi connectivity index (χ0) is 14.2. The summed E-state index contributed by atoms with van der Waals surface area (Å²) in [6, 6.07) is 0. The molecule has 0 rings (SSSR count). The van der Waals surface area contributed by atoms with Gasteiger partial charge in [0.25, 0.3) is 0 Å². The second kappa shape index (κ2) is 9.05. The first-order valence-electron chi connectivity index (χ1n) is 7.32. The van der Waals surface area contributed by atoms with Crippen LogP contribution in [-0.4, -0.2) is 46.6 Å². The first-order valence-corrected chi connectivity index (χ1v) is 17.5. The number of rotatable bonds is 8. The number of carbonyl (C=O) groups is 1. The average Bonchev–Trinajstić information content (AvgIpc) is 2.28. The molecule has 1 atom stereocenters. The van der Waals surface area contributed by atoms with Crippen molar-refractivity contribution in [3.63, 3.8) is 0 Å². The Kier molecular flexibility index (Phi) is 9.08. The Balaban J connectivity index is 4.44. The van der Waals surface area contributed by atoms with Gasteiger partial charge in [0.05, 0.1) is 0 Å². The molecule has 0 spiro atoms. The second-order valence-corrected chi connectivity index (χ2v) is 21.3. The Morgan fingerprint density at radius 2 is 1.67 bits per heavy atom. The van der Waals surface area contributed by atoms with Crippen LogP contribution in [-0.2, 0) is 4.74 Å². The minimum atomic E-state index is -2.18. The number of nitrogens with zero attached hydrogens (tertiary/aromatic N) is 1. The molecule has 0 radical (unpaired) electrons. The van der Waals surface area contributed by atoms with Gasteiger partial charge < -0.3 is 0 Å². The van der Waals surface area contributed by atoms with E-state index in [1.807, 2.05) is 13.8 Å². The Labute approximate surface area is 117 Å². The number of amides is 1. The van der Waals surface area contributed by atoms with E-state index < -0.39 is 18.4 Å². The van der Waals surface area contributed by atoms with Gasteiger partial charge in [-0.15, -0.1) is 0 Å². The monoisotopic (exact) mass is 365 g/mol. The summed E-state index contributed by atoms with van der Waals surface area (Å²) >= 11 is -2.18. The SMILES string of the molecule is CCCCC[CH](OC(=O)N(CC)CC)[Sn]([CH3])([CH3])[CH3]. The van der Waals surface area contributed by atoms with Crippen LogP contribution in [0, 0.1) is 0 Å². The number of hydrogen-bond acceptors (Lipinski definition) is 2. The fourth-order valence-electron chi connectivity index (χ4n) is 1.93. The molecule has 4 heteroatoms. The first-order chi connectivity index (χ1) is 8.36. The summed E-state index contributed by atoms with van der Waals surface area (Å²) in [5, 5.41) is 0. The van der Waals surface area contributed by atoms with Crippen LogP contribution in [0.5, 0.6) is 0 Å². The van der Waals surface area contributed by atoms with Gasteiger partial charge in [-0.1, -0.05) is 0 Å². The van der Waals surface area contributed by atoms with Crippen LogP contribution in [0.4, 0.5) is 4.79 Å². The molecule has 0 aliphatic heterocycles. The molecule has 0 aromatic rings. The molecule has 0 N–H and O–H groups in total. The van der Waals surface area contributed by atoms with E-state index >= 15 is 0 Å². The van der Waals surface area contributed by atoms with Crippen molar-refractivity contribution in [2.45, 2.75) is 65.4 Å². The summed E-state index contributed by atoms with van der Waals surface area (Å²) in [7, 11) is 0. The van der Waals surface area contributed by atoms with Crippen molar-refractivity contribution in [3.05, 3.63) is 0 Å². The third kappa shape index (κ3) is 6.86. The minimum absolute atomic E-state index is 0.117. The molecule has 0 saturated heterocycles. The van der Waals surface area contributed by atoms with Gasteiger partial charge in [-0.3, -0.25) is 0 Å². The maximum atomic E-state index is 12.0. The molecule has 0 aliphatic rings.